The van der Waals surface area contributed by atoms with Crippen molar-refractivity contribution in [3.8, 4) is 16.8 Å². The van der Waals surface area contributed by atoms with E-state index in [1.807, 2.05) is 0 Å². The van der Waals surface area contributed by atoms with E-state index >= 15 is 0 Å². The molecule has 0 fully saturated rings. The van der Waals surface area contributed by atoms with E-state index in [1.54, 1.807) is 0 Å². The Bertz CT molecular complexity index is 3260. The summed E-state index contributed by atoms with van der Waals surface area (Å²) in [7, 11) is 0. The molecule has 0 aliphatic rings. The summed E-state index contributed by atoms with van der Waals surface area (Å²) in [6, 6.07) is 85.3. The molecule has 3 heteroatoms. The van der Waals surface area contributed by atoms with Gasteiger partial charge in [0, 0.05) is 50.0 Å². The molecule has 11 aromatic rings. The molecule has 1 heterocycles. The maximum atomic E-state index is 2.41. The lowest BCUT2D eigenvalue weighted by Gasteiger charge is -2.28. The van der Waals surface area contributed by atoms with Crippen molar-refractivity contribution in [1.29, 1.82) is 0 Å². The van der Waals surface area contributed by atoms with E-state index in [9.17, 15) is 0 Å². The molecule has 3 nitrogen and oxygen atoms in total. The highest BCUT2D eigenvalue weighted by atomic mass is 15.2. The van der Waals surface area contributed by atoms with Crippen LogP contribution < -0.4 is 9.80 Å². The molecule has 0 aliphatic carbocycles. The van der Waals surface area contributed by atoms with Gasteiger partial charge >= 0.3 is 0 Å². The number of hydrogen-bond acceptors (Lipinski definition) is 2. The summed E-state index contributed by atoms with van der Waals surface area (Å²) in [6.45, 7) is 0. The van der Waals surface area contributed by atoms with E-state index in [4.69, 9.17) is 0 Å². The number of fused-ring (bicyclic) bond motifs is 5. The molecule has 1 aromatic heterocycles. The first-order chi connectivity index (χ1) is 29.3. The molecule has 0 spiro atoms. The highest BCUT2D eigenvalue weighted by Crippen LogP contribution is 2.45. The largest absolute Gasteiger partial charge is 0.310 e. The minimum Gasteiger partial charge on any atom is -0.310 e. The summed E-state index contributed by atoms with van der Waals surface area (Å²) < 4.78 is 2.39. The standard InChI is InChI=1S/C56H39N3/c1-4-19-42(20-5-1)57(53-30-16-18-40-17-10-11-25-48(40)53)45-33-31-41(32-34-45)47-37-38-55(50-27-13-12-26-49(47)50)58(43-21-6-2-7-22-43)46-35-36-52-51-28-14-15-29-54(51)59(56(52)39-46)44-23-8-3-9-24-44/h1-39H. The quantitative estimate of drug-likeness (QED) is 0.153. The van der Waals surface area contributed by atoms with Crippen LogP contribution in [0.5, 0.6) is 0 Å². The summed E-state index contributed by atoms with van der Waals surface area (Å²) in [4.78, 5) is 4.77. The normalized spacial score (nSPS) is 11.4. The average molecular weight is 754 g/mol. The van der Waals surface area contributed by atoms with Crippen molar-refractivity contribution in [3.63, 3.8) is 0 Å². The predicted octanol–water partition coefficient (Wildman–Crippen LogP) is 15.7. The SMILES string of the molecule is c1ccc(N(c2ccc(-c3ccc(N(c4ccccc4)c4ccc5c6ccccc6n(-c6ccccc6)c5c4)c4ccccc34)cc2)c2cccc3ccccc23)cc1. The Balaban J connectivity index is 1.05. The molecule has 0 unspecified atom stereocenters. The van der Waals surface area contributed by atoms with Gasteiger partial charge in [-0.15, -0.1) is 0 Å². The predicted molar refractivity (Wildman–Crippen MR) is 251 cm³/mol. The third kappa shape index (κ3) is 6.00. The number of benzene rings is 10. The molecule has 0 saturated carbocycles. The van der Waals surface area contributed by atoms with Gasteiger partial charge in [-0.2, -0.15) is 0 Å². The Morgan fingerprint density at radius 3 is 1.53 bits per heavy atom. The number of para-hydroxylation sites is 4. The Hall–Kier alpha value is -7.88. The molecule has 0 amide bonds. The third-order valence-corrected chi connectivity index (χ3v) is 11.5. The monoisotopic (exact) mass is 753 g/mol. The number of hydrogen-bond donors (Lipinski definition) is 0. The van der Waals surface area contributed by atoms with Crippen molar-refractivity contribution in [2.24, 2.45) is 0 Å². The van der Waals surface area contributed by atoms with E-state index in [0.717, 1.165) is 39.8 Å². The van der Waals surface area contributed by atoms with Gasteiger partial charge in [0.2, 0.25) is 0 Å². The second kappa shape index (κ2) is 14.6. The Kier molecular flexibility index (Phi) is 8.49. The molecule has 0 saturated heterocycles. The van der Waals surface area contributed by atoms with Crippen molar-refractivity contribution in [2.75, 3.05) is 9.80 Å². The molecule has 0 atom stereocenters. The van der Waals surface area contributed by atoms with E-state index in [1.165, 1.54) is 54.5 Å². The highest BCUT2D eigenvalue weighted by molar-refractivity contribution is 6.11. The molecule has 0 N–H and O–H groups in total. The second-order valence-corrected chi connectivity index (χ2v) is 15.0. The van der Waals surface area contributed by atoms with Crippen LogP contribution in [-0.2, 0) is 0 Å². The van der Waals surface area contributed by atoms with Crippen LogP contribution in [-0.4, -0.2) is 4.57 Å². The van der Waals surface area contributed by atoms with E-state index < -0.39 is 0 Å². The lowest BCUT2D eigenvalue weighted by molar-refractivity contribution is 1.18. The number of aromatic nitrogens is 1. The van der Waals surface area contributed by atoms with Crippen LogP contribution in [0.1, 0.15) is 0 Å². The smallest absolute Gasteiger partial charge is 0.0561 e. The molecule has 0 aliphatic heterocycles. The molecule has 278 valence electrons. The zero-order valence-corrected chi connectivity index (χ0v) is 32.4. The molecule has 10 aromatic carbocycles. The summed E-state index contributed by atoms with van der Waals surface area (Å²) >= 11 is 0. The first kappa shape index (κ1) is 34.4. The maximum Gasteiger partial charge on any atom is 0.0561 e. The number of nitrogens with zero attached hydrogens (tertiary/aromatic N) is 3. The summed E-state index contributed by atoms with van der Waals surface area (Å²) in [5.74, 6) is 0. The van der Waals surface area contributed by atoms with Crippen LogP contribution in [0.4, 0.5) is 34.1 Å². The van der Waals surface area contributed by atoms with E-state index in [0.29, 0.717) is 0 Å². The van der Waals surface area contributed by atoms with Gasteiger partial charge in [0.05, 0.1) is 22.4 Å². The van der Waals surface area contributed by atoms with Crippen LogP contribution >= 0.6 is 0 Å². The Labute approximate surface area is 343 Å². The van der Waals surface area contributed by atoms with Crippen LogP contribution in [0.15, 0.2) is 237 Å². The van der Waals surface area contributed by atoms with Gasteiger partial charge in [-0.25, -0.2) is 0 Å². The second-order valence-electron chi connectivity index (χ2n) is 15.0. The van der Waals surface area contributed by atoms with Crippen molar-refractivity contribution >= 4 is 77.5 Å². The minimum absolute atomic E-state index is 1.10. The van der Waals surface area contributed by atoms with E-state index in [-0.39, 0.29) is 0 Å². The van der Waals surface area contributed by atoms with Gasteiger partial charge in [0.25, 0.3) is 0 Å². The molecule has 0 radical (unpaired) electrons. The van der Waals surface area contributed by atoms with Crippen molar-refractivity contribution < 1.29 is 0 Å². The van der Waals surface area contributed by atoms with Crippen molar-refractivity contribution in [3.05, 3.63) is 237 Å². The third-order valence-electron chi connectivity index (χ3n) is 11.5. The summed E-state index contributed by atoms with van der Waals surface area (Å²) in [6.07, 6.45) is 0. The van der Waals surface area contributed by atoms with Crippen LogP contribution in [0.25, 0.3) is 60.2 Å². The first-order valence-electron chi connectivity index (χ1n) is 20.2. The Morgan fingerprint density at radius 1 is 0.288 bits per heavy atom. The van der Waals surface area contributed by atoms with Gasteiger partial charge in [0.15, 0.2) is 0 Å². The summed E-state index contributed by atoms with van der Waals surface area (Å²) in [5.41, 5.74) is 12.6. The van der Waals surface area contributed by atoms with Gasteiger partial charge < -0.3 is 14.4 Å². The average Bonchev–Trinajstić information content (AvgIpc) is 3.64. The number of anilines is 6. The van der Waals surface area contributed by atoms with Gasteiger partial charge in [-0.3, -0.25) is 0 Å². The maximum absolute atomic E-state index is 2.41. The fourth-order valence-electron chi connectivity index (χ4n) is 8.89. The van der Waals surface area contributed by atoms with Gasteiger partial charge in [-0.1, -0.05) is 158 Å². The summed E-state index contributed by atoms with van der Waals surface area (Å²) in [5, 5.41) is 7.30. The van der Waals surface area contributed by atoms with Crippen molar-refractivity contribution in [2.45, 2.75) is 0 Å². The molecule has 59 heavy (non-hydrogen) atoms. The fraction of sp³-hybridized carbons (Fsp3) is 0. The van der Waals surface area contributed by atoms with Crippen molar-refractivity contribution in [1.82, 2.24) is 4.57 Å². The lowest BCUT2D eigenvalue weighted by Crippen LogP contribution is -2.11. The highest BCUT2D eigenvalue weighted by Gasteiger charge is 2.21. The molecular formula is C56H39N3. The van der Waals surface area contributed by atoms with E-state index in [2.05, 4.69) is 251 Å². The fourth-order valence-corrected chi connectivity index (χ4v) is 8.89. The van der Waals surface area contributed by atoms with Gasteiger partial charge in [0.1, 0.15) is 0 Å². The zero-order chi connectivity index (χ0) is 39.1. The van der Waals surface area contributed by atoms with Crippen LogP contribution in [0.2, 0.25) is 0 Å². The van der Waals surface area contributed by atoms with Crippen LogP contribution in [0.3, 0.4) is 0 Å². The molecule has 11 rings (SSSR count). The Morgan fingerprint density at radius 2 is 0.797 bits per heavy atom. The zero-order valence-electron chi connectivity index (χ0n) is 32.4. The molecule has 0 bridgehead atoms. The molecular weight excluding hydrogens is 715 g/mol. The topological polar surface area (TPSA) is 11.4 Å². The number of rotatable bonds is 8. The minimum atomic E-state index is 1.10. The lowest BCUT2D eigenvalue weighted by atomic mass is 9.96. The first-order valence-corrected chi connectivity index (χ1v) is 20.2. The van der Waals surface area contributed by atoms with Crippen LogP contribution in [0, 0.1) is 0 Å². The van der Waals surface area contributed by atoms with Gasteiger partial charge in [-0.05, 0) is 101 Å².